The van der Waals surface area contributed by atoms with Crippen molar-refractivity contribution in [1.82, 2.24) is 0 Å². The highest BCUT2D eigenvalue weighted by Crippen LogP contribution is 2.30. The Hall–Kier alpha value is 0.310. The quantitative estimate of drug-likeness (QED) is 0.647. The van der Waals surface area contributed by atoms with Gasteiger partial charge in [-0.1, -0.05) is 26.2 Å². The third-order valence-corrected chi connectivity index (χ3v) is 3.90. The fourth-order valence-electron chi connectivity index (χ4n) is 1.60. The summed E-state index contributed by atoms with van der Waals surface area (Å²) in [6.07, 6.45) is 6.87. The molecule has 72 valence electrons. The van der Waals surface area contributed by atoms with Gasteiger partial charge in [-0.05, 0) is 24.5 Å². The minimum atomic E-state index is 0.465. The fourth-order valence-corrected chi connectivity index (χ4v) is 2.50. The van der Waals surface area contributed by atoms with E-state index in [1.54, 1.807) is 0 Å². The van der Waals surface area contributed by atoms with Crippen molar-refractivity contribution in [3.63, 3.8) is 0 Å². The first-order valence-electron chi connectivity index (χ1n) is 5.16. The van der Waals surface area contributed by atoms with Gasteiger partial charge in [0, 0.05) is 11.8 Å². The van der Waals surface area contributed by atoms with Gasteiger partial charge in [0.05, 0.1) is 0 Å². The van der Waals surface area contributed by atoms with Crippen LogP contribution in [0.25, 0.3) is 0 Å². The Balaban J connectivity index is 1.91. The largest absolute Gasteiger partial charge is 0.327 e. The molecule has 1 atom stereocenters. The molecule has 1 aliphatic rings. The van der Waals surface area contributed by atoms with Crippen LogP contribution in [0.2, 0.25) is 0 Å². The van der Waals surface area contributed by atoms with Gasteiger partial charge in [0.1, 0.15) is 0 Å². The molecule has 1 nitrogen and oxygen atoms in total. The average Bonchev–Trinajstić information content (AvgIpc) is 1.98. The van der Waals surface area contributed by atoms with Gasteiger partial charge >= 0.3 is 0 Å². The van der Waals surface area contributed by atoms with E-state index in [2.05, 4.69) is 6.92 Å². The van der Waals surface area contributed by atoms with E-state index in [9.17, 15) is 0 Å². The predicted molar refractivity (Wildman–Crippen MR) is 57.5 cm³/mol. The van der Waals surface area contributed by atoms with Gasteiger partial charge in [0.25, 0.3) is 0 Å². The maximum absolute atomic E-state index is 6.00. The van der Waals surface area contributed by atoms with Gasteiger partial charge in [0.2, 0.25) is 0 Å². The molecule has 1 fully saturated rings. The van der Waals surface area contributed by atoms with E-state index >= 15 is 0 Å². The van der Waals surface area contributed by atoms with Crippen molar-refractivity contribution in [2.45, 2.75) is 45.1 Å². The summed E-state index contributed by atoms with van der Waals surface area (Å²) in [7, 11) is 0. The number of hydrogen-bond acceptors (Lipinski definition) is 2. The molecule has 0 aromatic rings. The van der Waals surface area contributed by atoms with E-state index < -0.39 is 0 Å². The van der Waals surface area contributed by atoms with Crippen molar-refractivity contribution in [2.75, 3.05) is 11.5 Å². The van der Waals surface area contributed by atoms with Crippen molar-refractivity contribution >= 4 is 11.8 Å². The molecule has 0 aromatic heterocycles. The third kappa shape index (κ3) is 3.81. The highest BCUT2D eigenvalue weighted by molar-refractivity contribution is 7.99. The lowest BCUT2D eigenvalue weighted by Crippen LogP contribution is -2.28. The summed E-state index contributed by atoms with van der Waals surface area (Å²) in [5, 5.41) is 0. The van der Waals surface area contributed by atoms with E-state index in [-0.39, 0.29) is 0 Å². The summed E-state index contributed by atoms with van der Waals surface area (Å²) >= 11 is 2.01. The highest BCUT2D eigenvalue weighted by atomic mass is 32.2. The molecule has 0 aromatic carbocycles. The number of nitrogens with two attached hydrogens (primary N) is 1. The Bertz CT molecular complexity index is 112. The molecule has 0 radical (unpaired) electrons. The van der Waals surface area contributed by atoms with Crippen LogP contribution in [0.1, 0.15) is 39.0 Å². The Morgan fingerprint density at radius 3 is 2.75 bits per heavy atom. The molecule has 1 rings (SSSR count). The van der Waals surface area contributed by atoms with Crippen LogP contribution in [0.5, 0.6) is 0 Å². The maximum Gasteiger partial charge on any atom is 0.0133 e. The normalized spacial score (nSPS) is 20.5. The van der Waals surface area contributed by atoms with Gasteiger partial charge in [-0.3, -0.25) is 0 Å². The van der Waals surface area contributed by atoms with Crippen LogP contribution < -0.4 is 5.73 Å². The summed E-state index contributed by atoms with van der Waals surface area (Å²) in [5.41, 5.74) is 6.00. The van der Waals surface area contributed by atoms with Crippen LogP contribution >= 0.6 is 11.8 Å². The lowest BCUT2D eigenvalue weighted by Gasteiger charge is -2.27. The van der Waals surface area contributed by atoms with Crippen molar-refractivity contribution in [3.05, 3.63) is 0 Å². The number of thioether (sulfide) groups is 1. The van der Waals surface area contributed by atoms with Gasteiger partial charge in [-0.2, -0.15) is 11.8 Å². The molecule has 0 bridgehead atoms. The summed E-state index contributed by atoms with van der Waals surface area (Å²) in [5.74, 6) is 3.42. The Morgan fingerprint density at radius 2 is 2.25 bits per heavy atom. The van der Waals surface area contributed by atoms with Gasteiger partial charge in [-0.25, -0.2) is 0 Å². The van der Waals surface area contributed by atoms with E-state index in [1.807, 2.05) is 11.8 Å². The zero-order chi connectivity index (χ0) is 8.81. The van der Waals surface area contributed by atoms with Crippen LogP contribution in [0.15, 0.2) is 0 Å². The van der Waals surface area contributed by atoms with Crippen molar-refractivity contribution in [3.8, 4) is 0 Å². The third-order valence-electron chi connectivity index (χ3n) is 2.54. The molecular weight excluding hydrogens is 166 g/mol. The number of rotatable bonds is 6. The molecule has 2 heteroatoms. The molecule has 12 heavy (non-hydrogen) atoms. The van der Waals surface area contributed by atoms with Gasteiger partial charge in [0.15, 0.2) is 0 Å². The zero-order valence-corrected chi connectivity index (χ0v) is 8.91. The van der Waals surface area contributed by atoms with Crippen molar-refractivity contribution in [1.29, 1.82) is 0 Å². The SMILES string of the molecule is CCCSCC(N)CC1CCC1. The first-order chi connectivity index (χ1) is 5.83. The highest BCUT2D eigenvalue weighted by Gasteiger charge is 2.19. The number of hydrogen-bond donors (Lipinski definition) is 1. The van der Waals surface area contributed by atoms with Crippen LogP contribution in [0.3, 0.4) is 0 Å². The smallest absolute Gasteiger partial charge is 0.0133 e. The fraction of sp³-hybridized carbons (Fsp3) is 1.00. The van der Waals surface area contributed by atoms with Crippen LogP contribution in [0, 0.1) is 5.92 Å². The zero-order valence-electron chi connectivity index (χ0n) is 8.09. The molecule has 1 aliphatic carbocycles. The Kier molecular flexibility index (Phi) is 5.08. The molecule has 0 aliphatic heterocycles. The predicted octanol–water partition coefficient (Wildman–Crippen LogP) is 2.65. The van der Waals surface area contributed by atoms with Crippen LogP contribution in [-0.4, -0.2) is 17.5 Å². The lowest BCUT2D eigenvalue weighted by atomic mass is 9.81. The molecule has 1 saturated carbocycles. The first kappa shape index (κ1) is 10.4. The molecule has 0 saturated heterocycles. The van der Waals surface area contributed by atoms with E-state index in [1.165, 1.54) is 43.6 Å². The Morgan fingerprint density at radius 1 is 1.50 bits per heavy atom. The van der Waals surface area contributed by atoms with Gasteiger partial charge < -0.3 is 5.73 Å². The second-order valence-electron chi connectivity index (χ2n) is 3.87. The summed E-state index contributed by atoms with van der Waals surface area (Å²) < 4.78 is 0. The van der Waals surface area contributed by atoms with E-state index in [0.29, 0.717) is 6.04 Å². The molecule has 0 heterocycles. The monoisotopic (exact) mass is 187 g/mol. The summed E-state index contributed by atoms with van der Waals surface area (Å²) in [6, 6.07) is 0.465. The van der Waals surface area contributed by atoms with E-state index in [0.717, 1.165) is 5.92 Å². The maximum atomic E-state index is 6.00. The van der Waals surface area contributed by atoms with Crippen LogP contribution in [-0.2, 0) is 0 Å². The molecule has 2 N–H and O–H groups in total. The first-order valence-corrected chi connectivity index (χ1v) is 6.31. The molecule has 1 unspecified atom stereocenters. The molecular formula is C10H21NS. The minimum absolute atomic E-state index is 0.465. The summed E-state index contributed by atoms with van der Waals surface area (Å²) in [6.45, 7) is 2.23. The minimum Gasteiger partial charge on any atom is -0.327 e. The second-order valence-corrected chi connectivity index (χ2v) is 5.02. The van der Waals surface area contributed by atoms with Crippen molar-refractivity contribution < 1.29 is 0 Å². The average molecular weight is 187 g/mol. The second kappa shape index (κ2) is 5.87. The Labute approximate surface area is 80.5 Å². The van der Waals surface area contributed by atoms with Gasteiger partial charge in [-0.15, -0.1) is 0 Å². The van der Waals surface area contributed by atoms with Crippen molar-refractivity contribution in [2.24, 2.45) is 11.7 Å². The molecule has 0 spiro atoms. The molecule has 0 amide bonds. The lowest BCUT2D eigenvalue weighted by molar-refractivity contribution is 0.282. The standard InChI is InChI=1S/C10H21NS/c1-2-6-12-8-10(11)7-9-4-3-5-9/h9-10H,2-8,11H2,1H3. The van der Waals surface area contributed by atoms with E-state index in [4.69, 9.17) is 5.73 Å². The summed E-state index contributed by atoms with van der Waals surface area (Å²) in [4.78, 5) is 0. The topological polar surface area (TPSA) is 26.0 Å². The van der Waals surface area contributed by atoms with Crippen LogP contribution in [0.4, 0.5) is 0 Å².